The second-order valence-corrected chi connectivity index (χ2v) is 4.30. The van der Waals surface area contributed by atoms with E-state index in [0.717, 1.165) is 11.3 Å². The van der Waals surface area contributed by atoms with Crippen LogP contribution in [0.2, 0.25) is 0 Å². The zero-order valence-corrected chi connectivity index (χ0v) is 11.1. The van der Waals surface area contributed by atoms with E-state index in [0.29, 0.717) is 11.1 Å². The molecule has 19 heavy (non-hydrogen) atoms. The molecule has 0 fully saturated rings. The van der Waals surface area contributed by atoms with Gasteiger partial charge in [0.25, 0.3) is 0 Å². The summed E-state index contributed by atoms with van der Waals surface area (Å²) in [5, 5.41) is 0. The summed E-state index contributed by atoms with van der Waals surface area (Å²) in [6.07, 6.45) is 1.87. The molecule has 96 valence electrons. The number of hydrogen-bond acceptors (Lipinski definition) is 2. The van der Waals surface area contributed by atoms with Gasteiger partial charge in [0.05, 0.1) is 7.11 Å². The first-order chi connectivity index (χ1) is 9.20. The number of allylic oxidation sites excluding steroid dienone is 1. The van der Waals surface area contributed by atoms with E-state index in [1.807, 2.05) is 67.6 Å². The number of hydrogen-bond donors (Lipinski definition) is 0. The Labute approximate surface area is 113 Å². The molecule has 0 aliphatic heterocycles. The standard InChI is InChI=1S/C17H16O2/c1-13(17(18)15-8-4-3-5-9-15)11-14-7-6-10-16(12-14)19-2/h3-12H,1-2H3/b13-11+. The number of Topliss-reactive ketones (excluding diaryl/α,β-unsaturated/α-hetero) is 1. The molecule has 2 nitrogen and oxygen atoms in total. The van der Waals surface area contributed by atoms with E-state index < -0.39 is 0 Å². The van der Waals surface area contributed by atoms with Crippen LogP contribution in [0.25, 0.3) is 6.08 Å². The molecule has 0 aliphatic carbocycles. The van der Waals surface area contributed by atoms with Crippen LogP contribution >= 0.6 is 0 Å². The lowest BCUT2D eigenvalue weighted by molar-refractivity contribution is 0.103. The predicted octanol–water partition coefficient (Wildman–Crippen LogP) is 3.98. The summed E-state index contributed by atoms with van der Waals surface area (Å²) in [4.78, 5) is 12.2. The summed E-state index contributed by atoms with van der Waals surface area (Å²) < 4.78 is 5.17. The number of methoxy groups -OCH3 is 1. The molecule has 0 unspecified atom stereocenters. The molecule has 0 atom stereocenters. The van der Waals surface area contributed by atoms with Crippen molar-refractivity contribution in [2.24, 2.45) is 0 Å². The number of rotatable bonds is 4. The average molecular weight is 252 g/mol. The summed E-state index contributed by atoms with van der Waals surface area (Å²) in [5.74, 6) is 0.831. The van der Waals surface area contributed by atoms with Gasteiger partial charge in [0.1, 0.15) is 5.75 Å². The van der Waals surface area contributed by atoms with Crippen molar-refractivity contribution in [3.05, 3.63) is 71.3 Å². The molecule has 0 amide bonds. The lowest BCUT2D eigenvalue weighted by atomic mass is 10.0. The molecule has 0 aromatic heterocycles. The molecule has 0 N–H and O–H groups in total. The Hall–Kier alpha value is -2.35. The molecular weight excluding hydrogens is 236 g/mol. The first kappa shape index (κ1) is 13.1. The molecule has 0 aliphatic rings. The zero-order chi connectivity index (χ0) is 13.7. The van der Waals surface area contributed by atoms with E-state index in [2.05, 4.69) is 0 Å². The summed E-state index contributed by atoms with van der Waals surface area (Å²) in [6, 6.07) is 16.9. The quantitative estimate of drug-likeness (QED) is 0.607. The smallest absolute Gasteiger partial charge is 0.188 e. The Morgan fingerprint density at radius 2 is 1.79 bits per heavy atom. The number of ether oxygens (including phenoxy) is 1. The third kappa shape index (κ3) is 3.32. The Kier molecular flexibility index (Phi) is 4.14. The third-order valence-electron chi connectivity index (χ3n) is 2.87. The molecule has 2 aromatic rings. The van der Waals surface area contributed by atoms with Crippen molar-refractivity contribution >= 4 is 11.9 Å². The van der Waals surface area contributed by atoms with Gasteiger partial charge in [-0.3, -0.25) is 4.79 Å². The first-order valence-corrected chi connectivity index (χ1v) is 6.13. The third-order valence-corrected chi connectivity index (χ3v) is 2.87. The van der Waals surface area contributed by atoms with Gasteiger partial charge in [-0.05, 0) is 36.3 Å². The summed E-state index contributed by atoms with van der Waals surface area (Å²) in [5.41, 5.74) is 2.37. The Balaban J connectivity index is 2.25. The molecule has 0 saturated carbocycles. The largest absolute Gasteiger partial charge is 0.497 e. The molecule has 0 radical (unpaired) electrons. The minimum absolute atomic E-state index is 0.0448. The van der Waals surface area contributed by atoms with E-state index in [9.17, 15) is 4.79 Å². The van der Waals surface area contributed by atoms with E-state index in [1.165, 1.54) is 0 Å². The van der Waals surface area contributed by atoms with E-state index in [-0.39, 0.29) is 5.78 Å². The van der Waals surface area contributed by atoms with Crippen LogP contribution in [0.15, 0.2) is 60.2 Å². The summed E-state index contributed by atoms with van der Waals surface area (Å²) in [6.45, 7) is 1.83. The minimum atomic E-state index is 0.0448. The normalized spacial score (nSPS) is 11.2. The highest BCUT2D eigenvalue weighted by molar-refractivity contribution is 6.10. The van der Waals surface area contributed by atoms with Gasteiger partial charge in [-0.1, -0.05) is 42.5 Å². The van der Waals surface area contributed by atoms with Crippen LogP contribution in [0.3, 0.4) is 0 Å². The fourth-order valence-corrected chi connectivity index (χ4v) is 1.86. The maximum atomic E-state index is 12.2. The molecule has 0 spiro atoms. The van der Waals surface area contributed by atoms with Gasteiger partial charge in [0.2, 0.25) is 0 Å². The van der Waals surface area contributed by atoms with Crippen LogP contribution in [-0.2, 0) is 0 Å². The Morgan fingerprint density at radius 3 is 2.47 bits per heavy atom. The lowest BCUT2D eigenvalue weighted by Crippen LogP contribution is -1.99. The number of carbonyl (C=O) groups is 1. The van der Waals surface area contributed by atoms with E-state index >= 15 is 0 Å². The first-order valence-electron chi connectivity index (χ1n) is 6.13. The van der Waals surface area contributed by atoms with Crippen LogP contribution < -0.4 is 4.74 Å². The summed E-state index contributed by atoms with van der Waals surface area (Å²) in [7, 11) is 1.63. The van der Waals surface area contributed by atoms with Gasteiger partial charge >= 0.3 is 0 Å². The lowest BCUT2D eigenvalue weighted by Gasteiger charge is -2.03. The van der Waals surface area contributed by atoms with E-state index in [4.69, 9.17) is 4.74 Å². The molecule has 2 rings (SSSR count). The highest BCUT2D eigenvalue weighted by atomic mass is 16.5. The second kappa shape index (κ2) is 6.01. The van der Waals surface area contributed by atoms with Gasteiger partial charge < -0.3 is 4.74 Å². The maximum absolute atomic E-state index is 12.2. The van der Waals surface area contributed by atoms with Crippen molar-refractivity contribution in [2.45, 2.75) is 6.92 Å². The number of ketones is 1. The van der Waals surface area contributed by atoms with Crippen LogP contribution in [0.1, 0.15) is 22.8 Å². The van der Waals surface area contributed by atoms with Gasteiger partial charge in [-0.2, -0.15) is 0 Å². The van der Waals surface area contributed by atoms with Gasteiger partial charge in [-0.25, -0.2) is 0 Å². The van der Waals surface area contributed by atoms with Crippen molar-refractivity contribution in [1.29, 1.82) is 0 Å². The zero-order valence-electron chi connectivity index (χ0n) is 11.1. The van der Waals surface area contributed by atoms with Crippen molar-refractivity contribution in [3.63, 3.8) is 0 Å². The summed E-state index contributed by atoms with van der Waals surface area (Å²) >= 11 is 0. The fourth-order valence-electron chi connectivity index (χ4n) is 1.86. The molecule has 2 aromatic carbocycles. The SMILES string of the molecule is COc1cccc(/C=C(\C)C(=O)c2ccccc2)c1. The number of carbonyl (C=O) groups excluding carboxylic acids is 1. The van der Waals surface area contributed by atoms with Crippen molar-refractivity contribution in [3.8, 4) is 5.75 Å². The predicted molar refractivity (Wildman–Crippen MR) is 77.4 cm³/mol. The second-order valence-electron chi connectivity index (χ2n) is 4.30. The van der Waals surface area contributed by atoms with Crippen LogP contribution in [0.4, 0.5) is 0 Å². The van der Waals surface area contributed by atoms with Crippen molar-refractivity contribution in [2.75, 3.05) is 7.11 Å². The highest BCUT2D eigenvalue weighted by Gasteiger charge is 2.07. The molecular formula is C17H16O2. The molecule has 0 heterocycles. The molecule has 2 heteroatoms. The maximum Gasteiger partial charge on any atom is 0.188 e. The average Bonchev–Trinajstić information content (AvgIpc) is 2.47. The highest BCUT2D eigenvalue weighted by Crippen LogP contribution is 2.17. The van der Waals surface area contributed by atoms with Crippen LogP contribution in [0, 0.1) is 0 Å². The van der Waals surface area contributed by atoms with Crippen molar-refractivity contribution < 1.29 is 9.53 Å². The molecule has 0 bridgehead atoms. The fraction of sp³-hybridized carbons (Fsp3) is 0.118. The van der Waals surface area contributed by atoms with E-state index in [1.54, 1.807) is 7.11 Å². The van der Waals surface area contributed by atoms with Crippen LogP contribution in [-0.4, -0.2) is 12.9 Å². The van der Waals surface area contributed by atoms with Crippen molar-refractivity contribution in [1.82, 2.24) is 0 Å². The topological polar surface area (TPSA) is 26.3 Å². The van der Waals surface area contributed by atoms with Gasteiger partial charge in [0.15, 0.2) is 5.78 Å². The van der Waals surface area contributed by atoms with Crippen LogP contribution in [0.5, 0.6) is 5.75 Å². The Morgan fingerprint density at radius 1 is 1.05 bits per heavy atom. The molecule has 0 saturated heterocycles. The Bertz CT molecular complexity index is 598. The number of benzene rings is 2. The van der Waals surface area contributed by atoms with Gasteiger partial charge in [0, 0.05) is 5.56 Å². The minimum Gasteiger partial charge on any atom is -0.497 e. The monoisotopic (exact) mass is 252 g/mol. The van der Waals surface area contributed by atoms with Gasteiger partial charge in [-0.15, -0.1) is 0 Å².